The maximum atomic E-state index is 11.2. The summed E-state index contributed by atoms with van der Waals surface area (Å²) in [6.45, 7) is 0.118. The van der Waals surface area contributed by atoms with E-state index >= 15 is 0 Å². The van der Waals surface area contributed by atoms with Crippen molar-refractivity contribution in [3.8, 4) is 0 Å². The van der Waals surface area contributed by atoms with Crippen LogP contribution in [-0.4, -0.2) is 55.4 Å². The van der Waals surface area contributed by atoms with E-state index in [0.29, 0.717) is 5.69 Å². The maximum absolute atomic E-state index is 11.2. The molecule has 0 aliphatic rings. The Morgan fingerprint density at radius 3 is 2.79 bits per heavy atom. The van der Waals surface area contributed by atoms with Crippen molar-refractivity contribution in [1.29, 1.82) is 0 Å². The molecule has 106 valence electrons. The zero-order valence-corrected chi connectivity index (χ0v) is 11.2. The van der Waals surface area contributed by atoms with Crippen molar-refractivity contribution in [2.75, 3.05) is 13.6 Å². The van der Waals surface area contributed by atoms with Crippen molar-refractivity contribution in [3.63, 3.8) is 0 Å². The minimum absolute atomic E-state index is 0.118. The van der Waals surface area contributed by atoms with Crippen LogP contribution < -0.4 is 0 Å². The highest BCUT2D eigenvalue weighted by Gasteiger charge is 2.23. The van der Waals surface area contributed by atoms with Gasteiger partial charge in [0.1, 0.15) is 6.04 Å². The van der Waals surface area contributed by atoms with Gasteiger partial charge in [-0.05, 0) is 7.05 Å². The fraction of sp³-hybridized carbons (Fsp3) is 0.400. The van der Waals surface area contributed by atoms with E-state index in [1.165, 1.54) is 17.3 Å². The van der Waals surface area contributed by atoms with Gasteiger partial charge in [0, 0.05) is 25.0 Å². The van der Waals surface area contributed by atoms with Gasteiger partial charge in [-0.1, -0.05) is 6.08 Å². The van der Waals surface area contributed by atoms with Gasteiger partial charge in [-0.25, -0.2) is 4.98 Å². The van der Waals surface area contributed by atoms with E-state index in [4.69, 9.17) is 14.9 Å². The van der Waals surface area contributed by atoms with E-state index in [1.807, 2.05) is 0 Å². The summed E-state index contributed by atoms with van der Waals surface area (Å²) >= 11 is 0. The smallest absolute Gasteiger partial charge is 0.348 e. The molecule has 0 aliphatic heterocycles. The molecule has 0 saturated heterocycles. The lowest BCUT2D eigenvalue weighted by molar-refractivity contribution is -0.142. The second-order valence-electron chi connectivity index (χ2n) is 4.03. The average Bonchev–Trinajstić information content (AvgIpc) is 2.76. The van der Waals surface area contributed by atoms with E-state index in [2.05, 4.69) is 9.97 Å². The monoisotopic (exact) mass is 289 g/mol. The topological polar surface area (TPSA) is 127 Å². The standard InChI is InChI=1S/C10H16N3O5P/c1-13(3-2-4-19(16,17)18)9(10(14)15)5-8-6-11-7-12-8/h2,4,6-7,9H,3,5H2,1H3,(H,11,12)(H,14,15)(H2,16,17,18)/t9-/m0/s1. The number of rotatable bonds is 7. The van der Waals surface area contributed by atoms with Crippen molar-refractivity contribution in [1.82, 2.24) is 14.9 Å². The van der Waals surface area contributed by atoms with Gasteiger partial charge in [-0.2, -0.15) is 0 Å². The summed E-state index contributed by atoms with van der Waals surface area (Å²) in [7, 11) is -2.64. The summed E-state index contributed by atoms with van der Waals surface area (Å²) in [5.74, 6) is -0.258. The molecule has 1 aromatic rings. The van der Waals surface area contributed by atoms with Gasteiger partial charge >= 0.3 is 13.6 Å². The van der Waals surface area contributed by atoms with Gasteiger partial charge in [0.05, 0.1) is 12.0 Å². The zero-order chi connectivity index (χ0) is 14.5. The summed E-state index contributed by atoms with van der Waals surface area (Å²) in [6, 6.07) is -0.815. The molecule has 1 rings (SSSR count). The average molecular weight is 289 g/mol. The second kappa shape index (κ2) is 6.63. The van der Waals surface area contributed by atoms with Gasteiger partial charge in [-0.15, -0.1) is 0 Å². The molecule has 1 heterocycles. The molecule has 0 spiro atoms. The van der Waals surface area contributed by atoms with Gasteiger partial charge in [0.15, 0.2) is 0 Å². The largest absolute Gasteiger partial charge is 0.480 e. The van der Waals surface area contributed by atoms with E-state index in [1.54, 1.807) is 13.2 Å². The lowest BCUT2D eigenvalue weighted by Crippen LogP contribution is -2.40. The fourth-order valence-electron chi connectivity index (χ4n) is 1.51. The van der Waals surface area contributed by atoms with Crippen molar-refractivity contribution in [2.24, 2.45) is 0 Å². The van der Waals surface area contributed by atoms with E-state index in [9.17, 15) is 9.36 Å². The predicted octanol–water partition coefficient (Wildman–Crippen LogP) is 0.0286. The van der Waals surface area contributed by atoms with Crippen LogP contribution in [0, 0.1) is 0 Å². The number of carbonyl (C=O) groups is 1. The summed E-state index contributed by atoms with van der Waals surface area (Å²) < 4.78 is 10.6. The first-order chi connectivity index (χ1) is 8.79. The molecule has 0 bridgehead atoms. The first-order valence-corrected chi connectivity index (χ1v) is 7.11. The van der Waals surface area contributed by atoms with E-state index in [0.717, 1.165) is 5.82 Å². The summed E-state index contributed by atoms with van der Waals surface area (Å²) in [4.78, 5) is 36.7. The summed E-state index contributed by atoms with van der Waals surface area (Å²) in [6.07, 6.45) is 4.53. The van der Waals surface area contributed by atoms with Crippen LogP contribution in [0.3, 0.4) is 0 Å². The Morgan fingerprint density at radius 1 is 1.63 bits per heavy atom. The SMILES string of the molecule is CN(CC=CP(=O)(O)O)[C@@H](Cc1c[nH]cn1)C(=O)O. The van der Waals surface area contributed by atoms with Crippen LogP contribution in [0.4, 0.5) is 0 Å². The number of H-pyrrole nitrogens is 1. The molecule has 1 aromatic heterocycles. The van der Waals surface area contributed by atoms with E-state index < -0.39 is 19.6 Å². The number of imidazole rings is 1. The minimum Gasteiger partial charge on any atom is -0.480 e. The van der Waals surface area contributed by atoms with Crippen LogP contribution in [0.2, 0.25) is 0 Å². The quantitative estimate of drug-likeness (QED) is 0.521. The molecule has 0 radical (unpaired) electrons. The highest BCUT2D eigenvalue weighted by atomic mass is 31.2. The van der Waals surface area contributed by atoms with Crippen molar-refractivity contribution >= 4 is 13.6 Å². The maximum Gasteiger partial charge on any atom is 0.348 e. The lowest BCUT2D eigenvalue weighted by atomic mass is 10.1. The highest BCUT2D eigenvalue weighted by Crippen LogP contribution is 2.35. The van der Waals surface area contributed by atoms with Crippen molar-refractivity contribution in [3.05, 3.63) is 30.1 Å². The van der Waals surface area contributed by atoms with Crippen LogP contribution >= 0.6 is 7.60 Å². The number of hydrogen-bond acceptors (Lipinski definition) is 4. The Labute approximate surface area is 109 Å². The molecule has 0 saturated carbocycles. The third kappa shape index (κ3) is 5.80. The van der Waals surface area contributed by atoms with Crippen LogP contribution in [0.15, 0.2) is 24.4 Å². The number of nitrogens with zero attached hydrogens (tertiary/aromatic N) is 2. The molecule has 9 heteroatoms. The third-order valence-electron chi connectivity index (χ3n) is 2.47. The number of carboxylic acid groups (broad SMARTS) is 1. The number of aliphatic carboxylic acids is 1. The second-order valence-corrected chi connectivity index (χ2v) is 5.51. The molecule has 0 unspecified atom stereocenters. The number of aromatic nitrogens is 2. The Bertz CT molecular complexity index is 481. The number of nitrogens with one attached hydrogen (secondary N) is 1. The molecule has 19 heavy (non-hydrogen) atoms. The molecule has 0 fully saturated rings. The number of likely N-dealkylation sites (N-methyl/N-ethyl adjacent to an activating group) is 1. The molecule has 0 aromatic carbocycles. The molecular weight excluding hydrogens is 273 g/mol. The van der Waals surface area contributed by atoms with E-state index in [-0.39, 0.29) is 13.0 Å². The minimum atomic E-state index is -4.20. The van der Waals surface area contributed by atoms with Gasteiger partial charge < -0.3 is 19.9 Å². The summed E-state index contributed by atoms with van der Waals surface area (Å²) in [5.41, 5.74) is 0.609. The first kappa shape index (κ1) is 15.6. The number of carboxylic acids is 1. The van der Waals surface area contributed by atoms with Gasteiger partial charge in [0.2, 0.25) is 0 Å². The molecule has 1 atom stereocenters. The van der Waals surface area contributed by atoms with Crippen LogP contribution in [-0.2, 0) is 15.8 Å². The number of hydrogen-bond donors (Lipinski definition) is 4. The van der Waals surface area contributed by atoms with Crippen molar-refractivity contribution in [2.45, 2.75) is 12.5 Å². The molecular formula is C10H16N3O5P. The first-order valence-electron chi connectivity index (χ1n) is 5.43. The Hall–Kier alpha value is -1.47. The Kier molecular flexibility index (Phi) is 5.44. The lowest BCUT2D eigenvalue weighted by Gasteiger charge is -2.22. The van der Waals surface area contributed by atoms with Crippen LogP contribution in [0.1, 0.15) is 5.69 Å². The Morgan fingerprint density at radius 2 is 2.32 bits per heavy atom. The number of aromatic amines is 1. The molecule has 0 amide bonds. The molecule has 8 nitrogen and oxygen atoms in total. The highest BCUT2D eigenvalue weighted by molar-refractivity contribution is 7.55. The van der Waals surface area contributed by atoms with Gasteiger partial charge in [0.25, 0.3) is 0 Å². The molecule has 4 N–H and O–H groups in total. The summed E-state index contributed by atoms with van der Waals surface area (Å²) in [5, 5.41) is 9.14. The van der Waals surface area contributed by atoms with Crippen molar-refractivity contribution < 1.29 is 24.3 Å². The van der Waals surface area contributed by atoms with Crippen LogP contribution in [0.25, 0.3) is 0 Å². The fourth-order valence-corrected chi connectivity index (χ4v) is 1.88. The normalized spacial score (nSPS) is 14.1. The third-order valence-corrected chi connectivity index (χ3v) is 3.07. The zero-order valence-electron chi connectivity index (χ0n) is 10.3. The van der Waals surface area contributed by atoms with Crippen LogP contribution in [0.5, 0.6) is 0 Å². The Balaban J connectivity index is 2.63. The molecule has 0 aliphatic carbocycles. The predicted molar refractivity (Wildman–Crippen MR) is 67.5 cm³/mol. The van der Waals surface area contributed by atoms with Gasteiger partial charge in [-0.3, -0.25) is 14.3 Å².